The number of rotatable bonds is 12. The number of aliphatic hydroxyl groups excluding tert-OH is 1. The molecule has 0 saturated carbocycles. The van der Waals surface area contributed by atoms with Gasteiger partial charge in [0, 0.05) is 63.4 Å². The molecule has 3 fully saturated rings. The summed E-state index contributed by atoms with van der Waals surface area (Å²) in [5.41, 5.74) is 0.768. The van der Waals surface area contributed by atoms with Gasteiger partial charge in [-0.25, -0.2) is 0 Å². The molecule has 1 unspecified atom stereocenters. The monoisotopic (exact) mass is 638 g/mol. The number of anilines is 1. The first kappa shape index (κ1) is 32.1. The molecule has 11 heteroatoms. The number of fused-ring (bicyclic) bond motifs is 2. The fourth-order valence-corrected chi connectivity index (χ4v) is 9.59. The number of unbranched alkanes of at least 4 members (excludes halogenated alkanes) is 3. The van der Waals surface area contributed by atoms with Crippen LogP contribution in [-0.2, 0) is 19.1 Å². The smallest absolute Gasteiger partial charge is 0.247 e. The number of aliphatic hydroxyl groups is 1. The molecule has 5 aliphatic heterocycles. The zero-order chi connectivity index (χ0) is 31.4. The highest BCUT2D eigenvalue weighted by Crippen LogP contribution is 2.61. The number of carbonyl (C=O) groups excluding carboxylic acids is 3. The standard InChI is InChI=1S/C34H46N4O6S/c1-2-44-26-12-10-25(11-13-26)37-17-7-9-27-28(31(37)40)29-32(41)38(16-5-3-4-6-22-39)30-33(42)36(15-8-14-34(29,30)45-27)19-18-35-20-23-43-24-21-35/h7-14,27-30,39H,2-6,15-24H2,1H3/t27-,28+,29-,30?,34-/m0/s1. The number of likely N-dealkylation sites (tertiary alicyclic amines) is 1. The van der Waals surface area contributed by atoms with E-state index < -0.39 is 22.6 Å². The molecule has 1 N–H and O–H groups in total. The zero-order valence-corrected chi connectivity index (χ0v) is 27.0. The molecular weight excluding hydrogens is 592 g/mol. The predicted octanol–water partition coefficient (Wildman–Crippen LogP) is 2.57. The second-order valence-corrected chi connectivity index (χ2v) is 13.9. The molecule has 1 spiro atoms. The lowest BCUT2D eigenvalue weighted by molar-refractivity contribution is -0.142. The minimum Gasteiger partial charge on any atom is -0.494 e. The van der Waals surface area contributed by atoms with E-state index >= 15 is 0 Å². The summed E-state index contributed by atoms with van der Waals surface area (Å²) in [6.45, 7) is 8.49. The Morgan fingerprint density at radius 3 is 2.47 bits per heavy atom. The average molecular weight is 639 g/mol. The van der Waals surface area contributed by atoms with Gasteiger partial charge < -0.3 is 29.3 Å². The van der Waals surface area contributed by atoms with Crippen LogP contribution in [0, 0.1) is 11.8 Å². The Hall–Kier alpha value is -2.86. The van der Waals surface area contributed by atoms with E-state index in [0.29, 0.717) is 46.0 Å². The lowest BCUT2D eigenvalue weighted by Crippen LogP contribution is -2.54. The van der Waals surface area contributed by atoms with Crippen LogP contribution < -0.4 is 9.64 Å². The van der Waals surface area contributed by atoms with Crippen LogP contribution in [0.4, 0.5) is 5.69 Å². The maximum atomic E-state index is 14.5. The van der Waals surface area contributed by atoms with Gasteiger partial charge in [0.2, 0.25) is 17.7 Å². The summed E-state index contributed by atoms with van der Waals surface area (Å²) in [5.74, 6) is -0.652. The van der Waals surface area contributed by atoms with Crippen molar-refractivity contribution in [2.45, 2.75) is 48.6 Å². The van der Waals surface area contributed by atoms with Crippen LogP contribution in [0.1, 0.15) is 32.6 Å². The van der Waals surface area contributed by atoms with Crippen molar-refractivity contribution >= 4 is 35.2 Å². The van der Waals surface area contributed by atoms with Gasteiger partial charge in [0.25, 0.3) is 0 Å². The van der Waals surface area contributed by atoms with Crippen LogP contribution >= 0.6 is 11.8 Å². The Kier molecular flexibility index (Phi) is 10.2. The summed E-state index contributed by atoms with van der Waals surface area (Å²) in [6.07, 6.45) is 11.5. The van der Waals surface area contributed by atoms with Gasteiger partial charge in [0.1, 0.15) is 11.8 Å². The maximum absolute atomic E-state index is 14.5. The van der Waals surface area contributed by atoms with Crippen molar-refractivity contribution in [1.29, 1.82) is 0 Å². The number of thioether (sulfide) groups is 1. The number of hydrogen-bond acceptors (Lipinski definition) is 8. The number of benzene rings is 1. The molecule has 45 heavy (non-hydrogen) atoms. The molecular formula is C34H46N4O6S. The van der Waals surface area contributed by atoms with Crippen LogP contribution in [0.2, 0.25) is 0 Å². The maximum Gasteiger partial charge on any atom is 0.247 e. The van der Waals surface area contributed by atoms with E-state index in [9.17, 15) is 19.5 Å². The van der Waals surface area contributed by atoms with Crippen molar-refractivity contribution in [2.75, 3.05) is 77.1 Å². The fraction of sp³-hybridized carbons (Fsp3) is 0.618. The molecule has 6 rings (SSSR count). The Morgan fingerprint density at radius 1 is 0.933 bits per heavy atom. The first-order valence-corrected chi connectivity index (χ1v) is 17.4. The number of carbonyl (C=O) groups is 3. The van der Waals surface area contributed by atoms with E-state index in [4.69, 9.17) is 9.47 Å². The Labute approximate surface area is 270 Å². The lowest BCUT2D eigenvalue weighted by Gasteiger charge is -2.36. The first-order valence-electron chi connectivity index (χ1n) is 16.5. The summed E-state index contributed by atoms with van der Waals surface area (Å²) in [5, 5.41) is 9.03. The molecule has 5 aliphatic rings. The molecule has 10 nitrogen and oxygen atoms in total. The van der Waals surface area contributed by atoms with Crippen molar-refractivity contribution in [2.24, 2.45) is 11.8 Å². The summed E-state index contributed by atoms with van der Waals surface area (Å²) in [6, 6.07) is 6.88. The first-order chi connectivity index (χ1) is 22.0. The Balaban J connectivity index is 1.29. The van der Waals surface area contributed by atoms with Crippen molar-refractivity contribution in [3.63, 3.8) is 0 Å². The Morgan fingerprint density at radius 2 is 1.71 bits per heavy atom. The van der Waals surface area contributed by atoms with Crippen molar-refractivity contribution in [1.82, 2.24) is 14.7 Å². The number of morpholine rings is 1. The van der Waals surface area contributed by atoms with Crippen molar-refractivity contribution < 1.29 is 29.0 Å². The zero-order valence-electron chi connectivity index (χ0n) is 26.2. The van der Waals surface area contributed by atoms with Gasteiger partial charge >= 0.3 is 0 Å². The molecule has 0 aromatic heterocycles. The third kappa shape index (κ3) is 6.28. The second-order valence-electron chi connectivity index (χ2n) is 12.5. The summed E-state index contributed by atoms with van der Waals surface area (Å²) in [4.78, 5) is 51.3. The molecule has 5 heterocycles. The van der Waals surface area contributed by atoms with Crippen molar-refractivity contribution in [3.05, 3.63) is 48.6 Å². The average Bonchev–Trinajstić information content (AvgIpc) is 3.36. The van der Waals surface area contributed by atoms with E-state index in [1.165, 1.54) is 0 Å². The van der Waals surface area contributed by atoms with Crippen LogP contribution in [0.25, 0.3) is 0 Å². The van der Waals surface area contributed by atoms with Gasteiger partial charge in [-0.3, -0.25) is 19.3 Å². The highest BCUT2D eigenvalue weighted by atomic mass is 32.2. The van der Waals surface area contributed by atoms with Gasteiger partial charge in [0.15, 0.2) is 0 Å². The van der Waals surface area contributed by atoms with Gasteiger partial charge in [-0.05, 0) is 44.0 Å². The van der Waals surface area contributed by atoms with Gasteiger partial charge in [-0.1, -0.05) is 37.1 Å². The van der Waals surface area contributed by atoms with E-state index in [-0.39, 0.29) is 29.6 Å². The second kappa shape index (κ2) is 14.3. The normalized spacial score (nSPS) is 29.9. The third-order valence-electron chi connectivity index (χ3n) is 9.80. The van der Waals surface area contributed by atoms with Gasteiger partial charge in [-0.2, -0.15) is 0 Å². The van der Waals surface area contributed by atoms with E-state index in [1.807, 2.05) is 42.2 Å². The van der Waals surface area contributed by atoms with E-state index in [0.717, 1.165) is 56.8 Å². The SMILES string of the molecule is CCOc1ccc(N2CC=C[C@@H]3S[C@]45C=CCN(CCN6CCOCC6)C(=O)C4N(CCCCCCO)C(=O)[C@@H]5[C@@H]3C2=O)cc1. The molecule has 0 bridgehead atoms. The highest BCUT2D eigenvalue weighted by molar-refractivity contribution is 8.02. The molecule has 1 aromatic rings. The van der Waals surface area contributed by atoms with Crippen LogP contribution in [-0.4, -0.2) is 126 Å². The van der Waals surface area contributed by atoms with E-state index in [2.05, 4.69) is 23.1 Å². The highest BCUT2D eigenvalue weighted by Gasteiger charge is 2.70. The van der Waals surface area contributed by atoms with Gasteiger partial charge in [-0.15, -0.1) is 11.8 Å². The molecule has 5 atom stereocenters. The lowest BCUT2D eigenvalue weighted by atomic mass is 9.78. The van der Waals surface area contributed by atoms with Crippen LogP contribution in [0.3, 0.4) is 0 Å². The number of ether oxygens (including phenoxy) is 2. The summed E-state index contributed by atoms with van der Waals surface area (Å²) < 4.78 is 10.3. The fourth-order valence-electron chi connectivity index (χ4n) is 7.58. The predicted molar refractivity (Wildman–Crippen MR) is 174 cm³/mol. The third-order valence-corrected chi connectivity index (χ3v) is 11.5. The summed E-state index contributed by atoms with van der Waals surface area (Å²) in [7, 11) is 0. The van der Waals surface area contributed by atoms with Crippen molar-refractivity contribution in [3.8, 4) is 5.75 Å². The number of nitrogens with zero attached hydrogens (tertiary/aromatic N) is 4. The molecule has 3 amide bonds. The van der Waals surface area contributed by atoms with Gasteiger partial charge in [0.05, 0.1) is 36.4 Å². The largest absolute Gasteiger partial charge is 0.494 e. The quantitative estimate of drug-likeness (QED) is 0.276. The molecule has 3 saturated heterocycles. The minimum atomic E-state index is -0.815. The minimum absolute atomic E-state index is 0.0248. The summed E-state index contributed by atoms with van der Waals surface area (Å²) >= 11 is 1.63. The Bertz CT molecular complexity index is 1280. The van der Waals surface area contributed by atoms with Crippen LogP contribution in [0.5, 0.6) is 5.75 Å². The molecule has 0 aliphatic carbocycles. The number of hydrogen-bond donors (Lipinski definition) is 1. The topological polar surface area (TPSA) is 103 Å². The number of amides is 3. The van der Waals surface area contributed by atoms with Crippen LogP contribution in [0.15, 0.2) is 48.6 Å². The molecule has 1 aromatic carbocycles. The van der Waals surface area contributed by atoms with E-state index in [1.54, 1.807) is 21.6 Å². The molecule has 244 valence electrons. The molecule has 0 radical (unpaired) electrons.